The van der Waals surface area contributed by atoms with E-state index in [1.165, 1.54) is 18.4 Å². The highest BCUT2D eigenvalue weighted by Crippen LogP contribution is 2.18. The van der Waals surface area contributed by atoms with Crippen LogP contribution in [0.1, 0.15) is 44.6 Å². The van der Waals surface area contributed by atoms with E-state index in [0.29, 0.717) is 0 Å². The van der Waals surface area contributed by atoms with E-state index >= 15 is 0 Å². The minimum atomic E-state index is 0.0606. The highest BCUT2D eigenvalue weighted by Gasteiger charge is 2.16. The van der Waals surface area contributed by atoms with Crippen LogP contribution in [-0.4, -0.2) is 24.0 Å². The van der Waals surface area contributed by atoms with Gasteiger partial charge < -0.3 is 10.2 Å². The summed E-state index contributed by atoms with van der Waals surface area (Å²) in [5.41, 5.74) is 2.20. The van der Waals surface area contributed by atoms with Crippen LogP contribution in [0, 0.1) is 0 Å². The third-order valence-electron chi connectivity index (χ3n) is 3.67. The molecule has 0 spiro atoms. The third-order valence-corrected chi connectivity index (χ3v) is 3.67. The maximum absolute atomic E-state index is 12.3. The van der Waals surface area contributed by atoms with Crippen LogP contribution < -0.4 is 5.32 Å². The first-order valence-corrected chi connectivity index (χ1v) is 7.45. The lowest BCUT2D eigenvalue weighted by atomic mass is 10.1. The molecule has 1 aromatic carbocycles. The summed E-state index contributed by atoms with van der Waals surface area (Å²) in [5.74, 6) is 0. The van der Waals surface area contributed by atoms with Crippen molar-refractivity contribution >= 4 is 11.7 Å². The second-order valence-corrected chi connectivity index (χ2v) is 5.24. The number of benzene rings is 1. The van der Waals surface area contributed by atoms with Crippen LogP contribution in [0.25, 0.3) is 0 Å². The highest BCUT2D eigenvalue weighted by molar-refractivity contribution is 5.90. The number of para-hydroxylation sites is 1. The summed E-state index contributed by atoms with van der Waals surface area (Å²) < 4.78 is 0. The van der Waals surface area contributed by atoms with Gasteiger partial charge in [0.1, 0.15) is 0 Å². The zero-order valence-corrected chi connectivity index (χ0v) is 11.8. The quantitative estimate of drug-likeness (QED) is 0.873. The van der Waals surface area contributed by atoms with Gasteiger partial charge in [0, 0.05) is 18.8 Å². The number of nitrogens with one attached hydrogen (secondary N) is 1. The monoisotopic (exact) mass is 260 g/mol. The normalized spacial score (nSPS) is 15.9. The second-order valence-electron chi connectivity index (χ2n) is 5.24. The molecule has 3 heteroatoms. The third kappa shape index (κ3) is 3.98. The number of rotatable bonds is 3. The fraction of sp³-hybridized carbons (Fsp3) is 0.562. The van der Waals surface area contributed by atoms with Gasteiger partial charge in [-0.2, -0.15) is 0 Å². The molecule has 2 amide bonds. The van der Waals surface area contributed by atoms with E-state index in [2.05, 4.69) is 18.3 Å². The van der Waals surface area contributed by atoms with Gasteiger partial charge in [0.2, 0.25) is 0 Å². The first-order chi connectivity index (χ1) is 9.31. The second kappa shape index (κ2) is 7.17. The lowest BCUT2D eigenvalue weighted by Gasteiger charge is -2.21. The van der Waals surface area contributed by atoms with Crippen LogP contribution >= 0.6 is 0 Å². The van der Waals surface area contributed by atoms with E-state index in [4.69, 9.17) is 0 Å². The first kappa shape index (κ1) is 13.9. The van der Waals surface area contributed by atoms with Crippen molar-refractivity contribution in [2.24, 2.45) is 0 Å². The van der Waals surface area contributed by atoms with Gasteiger partial charge in [-0.1, -0.05) is 44.4 Å². The highest BCUT2D eigenvalue weighted by atomic mass is 16.2. The van der Waals surface area contributed by atoms with Gasteiger partial charge in [-0.3, -0.25) is 0 Å². The average Bonchev–Trinajstić information content (AvgIpc) is 2.70. The number of carbonyl (C=O) groups is 1. The Balaban J connectivity index is 2.01. The molecule has 0 aliphatic carbocycles. The Labute approximate surface area is 116 Å². The Hall–Kier alpha value is -1.51. The summed E-state index contributed by atoms with van der Waals surface area (Å²) in [6.07, 6.45) is 6.85. The Kier molecular flexibility index (Phi) is 5.25. The van der Waals surface area contributed by atoms with Crippen molar-refractivity contribution in [1.82, 2.24) is 4.90 Å². The number of anilines is 1. The molecule has 0 saturated carbocycles. The van der Waals surface area contributed by atoms with Gasteiger partial charge in [-0.05, 0) is 30.9 Å². The lowest BCUT2D eigenvalue weighted by molar-refractivity contribution is 0.213. The molecule has 3 nitrogen and oxygen atoms in total. The molecule has 1 heterocycles. The summed E-state index contributed by atoms with van der Waals surface area (Å²) in [6.45, 7) is 3.94. The number of amides is 2. The summed E-state index contributed by atoms with van der Waals surface area (Å²) in [6, 6.07) is 8.18. The molecule has 1 N–H and O–H groups in total. The fourth-order valence-corrected chi connectivity index (χ4v) is 2.60. The molecular formula is C16H24N2O. The summed E-state index contributed by atoms with van der Waals surface area (Å²) in [4.78, 5) is 14.2. The Morgan fingerprint density at radius 2 is 1.84 bits per heavy atom. The molecule has 1 aromatic rings. The van der Waals surface area contributed by atoms with Gasteiger partial charge in [-0.15, -0.1) is 0 Å². The van der Waals surface area contributed by atoms with Crippen molar-refractivity contribution in [3.05, 3.63) is 29.8 Å². The fourth-order valence-electron chi connectivity index (χ4n) is 2.60. The standard InChI is InChI=1S/C16H24N2O/c1-2-9-14-10-5-6-11-15(14)17-16(19)18-12-7-3-4-8-13-18/h5-6,10-11H,2-4,7-9,12-13H2,1H3,(H,17,19). The summed E-state index contributed by atoms with van der Waals surface area (Å²) in [5, 5.41) is 3.08. The van der Waals surface area contributed by atoms with Crippen LogP contribution in [0.15, 0.2) is 24.3 Å². The van der Waals surface area contributed by atoms with Gasteiger partial charge >= 0.3 is 6.03 Å². The minimum absolute atomic E-state index is 0.0606. The molecule has 0 unspecified atom stereocenters. The predicted octanol–water partition coefficient (Wildman–Crippen LogP) is 4.05. The van der Waals surface area contributed by atoms with E-state index in [9.17, 15) is 4.79 Å². The number of aryl methyl sites for hydroxylation is 1. The SMILES string of the molecule is CCCc1ccccc1NC(=O)N1CCCCCC1. The molecular weight excluding hydrogens is 236 g/mol. The molecule has 1 aliphatic rings. The first-order valence-electron chi connectivity index (χ1n) is 7.45. The molecule has 0 atom stereocenters. The van der Waals surface area contributed by atoms with Crippen LogP contribution in [0.4, 0.5) is 10.5 Å². The van der Waals surface area contributed by atoms with Crippen LogP contribution in [-0.2, 0) is 6.42 Å². The van der Waals surface area contributed by atoms with Crippen molar-refractivity contribution in [3.8, 4) is 0 Å². The van der Waals surface area contributed by atoms with E-state index in [1.54, 1.807) is 0 Å². The van der Waals surface area contributed by atoms with E-state index < -0.39 is 0 Å². The smallest absolute Gasteiger partial charge is 0.321 e. The molecule has 0 aromatic heterocycles. The molecule has 1 fully saturated rings. The average molecular weight is 260 g/mol. The Bertz CT molecular complexity index is 409. The number of nitrogens with zero attached hydrogens (tertiary/aromatic N) is 1. The number of hydrogen-bond acceptors (Lipinski definition) is 1. The number of urea groups is 1. The van der Waals surface area contributed by atoms with E-state index in [1.807, 2.05) is 23.1 Å². The number of hydrogen-bond donors (Lipinski definition) is 1. The van der Waals surface area contributed by atoms with Crippen molar-refractivity contribution in [2.75, 3.05) is 18.4 Å². The molecule has 1 saturated heterocycles. The molecule has 0 bridgehead atoms. The van der Waals surface area contributed by atoms with Crippen molar-refractivity contribution < 1.29 is 4.79 Å². The van der Waals surface area contributed by atoms with Crippen molar-refractivity contribution in [1.29, 1.82) is 0 Å². The van der Waals surface area contributed by atoms with Gasteiger partial charge in [0.05, 0.1) is 0 Å². The van der Waals surface area contributed by atoms with Crippen molar-refractivity contribution in [3.63, 3.8) is 0 Å². The zero-order chi connectivity index (χ0) is 13.5. The van der Waals surface area contributed by atoms with Crippen LogP contribution in [0.3, 0.4) is 0 Å². The van der Waals surface area contributed by atoms with E-state index in [0.717, 1.165) is 44.5 Å². The molecule has 104 valence electrons. The summed E-state index contributed by atoms with van der Waals surface area (Å²) >= 11 is 0. The molecule has 19 heavy (non-hydrogen) atoms. The lowest BCUT2D eigenvalue weighted by Crippen LogP contribution is -2.35. The number of carbonyl (C=O) groups excluding carboxylic acids is 1. The maximum atomic E-state index is 12.3. The zero-order valence-electron chi connectivity index (χ0n) is 11.8. The molecule has 1 aliphatic heterocycles. The number of likely N-dealkylation sites (tertiary alicyclic amines) is 1. The molecule has 0 radical (unpaired) electrons. The largest absolute Gasteiger partial charge is 0.325 e. The minimum Gasteiger partial charge on any atom is -0.325 e. The van der Waals surface area contributed by atoms with Gasteiger partial charge in [0.25, 0.3) is 0 Å². The van der Waals surface area contributed by atoms with Crippen LogP contribution in [0.5, 0.6) is 0 Å². The Morgan fingerprint density at radius 1 is 1.16 bits per heavy atom. The Morgan fingerprint density at radius 3 is 2.53 bits per heavy atom. The van der Waals surface area contributed by atoms with Gasteiger partial charge in [0.15, 0.2) is 0 Å². The van der Waals surface area contributed by atoms with Crippen LogP contribution in [0.2, 0.25) is 0 Å². The topological polar surface area (TPSA) is 32.3 Å². The van der Waals surface area contributed by atoms with E-state index in [-0.39, 0.29) is 6.03 Å². The summed E-state index contributed by atoms with van der Waals surface area (Å²) in [7, 11) is 0. The van der Waals surface area contributed by atoms with Crippen molar-refractivity contribution in [2.45, 2.75) is 45.4 Å². The molecule has 2 rings (SSSR count). The van der Waals surface area contributed by atoms with Gasteiger partial charge in [-0.25, -0.2) is 4.79 Å². The maximum Gasteiger partial charge on any atom is 0.321 e. The predicted molar refractivity (Wildman–Crippen MR) is 79.5 cm³/mol.